The molecular formula is C18H18O5. The summed E-state index contributed by atoms with van der Waals surface area (Å²) < 4.78 is 21.2. The molecule has 120 valence electrons. The summed E-state index contributed by atoms with van der Waals surface area (Å²) in [6.45, 7) is 1.97. The van der Waals surface area contributed by atoms with Crippen LogP contribution in [-0.2, 0) is 9.47 Å². The summed E-state index contributed by atoms with van der Waals surface area (Å²) in [7, 11) is 1.63. The second-order valence-corrected chi connectivity index (χ2v) is 5.05. The van der Waals surface area contributed by atoms with Crippen molar-refractivity contribution in [2.45, 2.75) is 0 Å². The molecule has 0 aliphatic carbocycles. The maximum absolute atomic E-state index is 12.1. The third-order valence-electron chi connectivity index (χ3n) is 3.52. The average molecular weight is 314 g/mol. The van der Waals surface area contributed by atoms with Gasteiger partial charge in [-0.15, -0.1) is 0 Å². The minimum absolute atomic E-state index is 0.361. The van der Waals surface area contributed by atoms with E-state index in [9.17, 15) is 4.79 Å². The first-order valence-electron chi connectivity index (χ1n) is 7.44. The topological polar surface area (TPSA) is 57.9 Å². The molecule has 3 rings (SSSR count). The number of ether oxygens (including phenoxy) is 3. The van der Waals surface area contributed by atoms with E-state index in [1.54, 1.807) is 19.2 Å². The molecule has 23 heavy (non-hydrogen) atoms. The van der Waals surface area contributed by atoms with E-state index in [0.29, 0.717) is 43.1 Å². The first-order valence-corrected chi connectivity index (χ1v) is 7.44. The van der Waals surface area contributed by atoms with Gasteiger partial charge in [0.15, 0.2) is 0 Å². The van der Waals surface area contributed by atoms with Crippen LogP contribution < -0.4 is 10.4 Å². The van der Waals surface area contributed by atoms with E-state index in [1.165, 1.54) is 0 Å². The third kappa shape index (κ3) is 3.52. The van der Waals surface area contributed by atoms with E-state index in [2.05, 4.69) is 0 Å². The van der Waals surface area contributed by atoms with Gasteiger partial charge in [0.1, 0.15) is 17.9 Å². The lowest BCUT2D eigenvalue weighted by molar-refractivity contribution is 0.0544. The summed E-state index contributed by atoms with van der Waals surface area (Å²) in [5, 5.41) is 2.29. The van der Waals surface area contributed by atoms with Gasteiger partial charge in [-0.1, -0.05) is 18.2 Å². The first-order chi connectivity index (χ1) is 11.3. The Bertz CT molecular complexity index is 853. The molecule has 0 aliphatic rings. The van der Waals surface area contributed by atoms with Crippen molar-refractivity contribution in [2.75, 3.05) is 33.5 Å². The molecule has 0 amide bonds. The van der Waals surface area contributed by atoms with Gasteiger partial charge in [-0.2, -0.15) is 0 Å². The minimum Gasteiger partial charge on any atom is -0.491 e. The monoisotopic (exact) mass is 314 g/mol. The van der Waals surface area contributed by atoms with E-state index < -0.39 is 0 Å². The van der Waals surface area contributed by atoms with Gasteiger partial charge in [0, 0.05) is 17.9 Å². The molecular weight excluding hydrogens is 296 g/mol. The van der Waals surface area contributed by atoms with Crippen molar-refractivity contribution in [1.82, 2.24) is 0 Å². The van der Waals surface area contributed by atoms with Crippen molar-refractivity contribution in [3.05, 3.63) is 52.9 Å². The molecule has 0 aliphatic heterocycles. The molecule has 5 nitrogen and oxygen atoms in total. The lowest BCUT2D eigenvalue weighted by atomic mass is 10.1. The number of methoxy groups -OCH3 is 1. The van der Waals surface area contributed by atoms with E-state index >= 15 is 0 Å². The number of benzene rings is 2. The van der Waals surface area contributed by atoms with E-state index in [1.807, 2.05) is 30.3 Å². The second-order valence-electron chi connectivity index (χ2n) is 5.05. The fraction of sp³-hybridized carbons (Fsp3) is 0.278. The van der Waals surface area contributed by atoms with Gasteiger partial charge >= 0.3 is 5.63 Å². The lowest BCUT2D eigenvalue weighted by Crippen LogP contribution is -2.10. The van der Waals surface area contributed by atoms with Crippen molar-refractivity contribution >= 4 is 21.7 Å². The van der Waals surface area contributed by atoms with Crippen molar-refractivity contribution in [2.24, 2.45) is 0 Å². The van der Waals surface area contributed by atoms with Gasteiger partial charge < -0.3 is 18.6 Å². The largest absolute Gasteiger partial charge is 0.491 e. The van der Waals surface area contributed by atoms with Crippen molar-refractivity contribution < 1.29 is 18.6 Å². The van der Waals surface area contributed by atoms with Crippen LogP contribution in [0.15, 0.2) is 51.7 Å². The van der Waals surface area contributed by atoms with Gasteiger partial charge in [0.25, 0.3) is 0 Å². The van der Waals surface area contributed by atoms with E-state index in [4.69, 9.17) is 18.6 Å². The fourth-order valence-electron chi connectivity index (χ4n) is 2.41. The smallest absolute Gasteiger partial charge is 0.344 e. The Morgan fingerprint density at radius 2 is 1.74 bits per heavy atom. The molecule has 0 unspecified atom stereocenters. The SMILES string of the molecule is COCCOCCOc1ccc2c(c1)c(=O)oc1ccccc12. The highest BCUT2D eigenvalue weighted by Crippen LogP contribution is 2.25. The first kappa shape index (κ1) is 15.5. The van der Waals surface area contributed by atoms with Crippen molar-refractivity contribution in [3.63, 3.8) is 0 Å². The van der Waals surface area contributed by atoms with E-state index in [-0.39, 0.29) is 5.63 Å². The molecule has 0 radical (unpaired) electrons. The van der Waals surface area contributed by atoms with Gasteiger partial charge in [-0.05, 0) is 24.3 Å². The molecule has 0 atom stereocenters. The number of hydrogen-bond donors (Lipinski definition) is 0. The second kappa shape index (κ2) is 7.26. The highest BCUT2D eigenvalue weighted by molar-refractivity contribution is 6.04. The molecule has 0 N–H and O–H groups in total. The molecule has 5 heteroatoms. The minimum atomic E-state index is -0.361. The summed E-state index contributed by atoms with van der Waals surface area (Å²) >= 11 is 0. The molecule has 1 aromatic heterocycles. The number of rotatable bonds is 7. The molecule has 2 aromatic carbocycles. The summed E-state index contributed by atoms with van der Waals surface area (Å²) in [5.41, 5.74) is 0.228. The molecule has 0 saturated heterocycles. The van der Waals surface area contributed by atoms with Crippen molar-refractivity contribution in [1.29, 1.82) is 0 Å². The molecule has 0 saturated carbocycles. The summed E-state index contributed by atoms with van der Waals surface area (Å²) in [6, 6.07) is 12.9. The predicted molar refractivity (Wildman–Crippen MR) is 88.2 cm³/mol. The molecule has 0 fully saturated rings. The van der Waals surface area contributed by atoms with E-state index in [0.717, 1.165) is 10.8 Å². The third-order valence-corrected chi connectivity index (χ3v) is 3.52. The Labute approximate surface area is 133 Å². The van der Waals surface area contributed by atoms with Crippen LogP contribution in [0, 0.1) is 0 Å². The maximum atomic E-state index is 12.1. The molecule has 1 heterocycles. The normalized spacial score (nSPS) is 11.2. The van der Waals surface area contributed by atoms with Crippen LogP contribution >= 0.6 is 0 Å². The number of hydrogen-bond acceptors (Lipinski definition) is 5. The fourth-order valence-corrected chi connectivity index (χ4v) is 2.41. The zero-order valence-corrected chi connectivity index (χ0v) is 12.9. The molecule has 0 spiro atoms. The van der Waals surface area contributed by atoms with Gasteiger partial charge in [-0.3, -0.25) is 0 Å². The Kier molecular flexibility index (Phi) is 4.90. The summed E-state index contributed by atoms with van der Waals surface area (Å²) in [6.07, 6.45) is 0. The van der Waals surface area contributed by atoms with Crippen LogP contribution in [-0.4, -0.2) is 33.5 Å². The number of para-hydroxylation sites is 1. The van der Waals surface area contributed by atoms with Crippen LogP contribution in [0.3, 0.4) is 0 Å². The van der Waals surface area contributed by atoms with Gasteiger partial charge in [0.2, 0.25) is 0 Å². The maximum Gasteiger partial charge on any atom is 0.344 e. The Morgan fingerprint density at radius 3 is 2.61 bits per heavy atom. The quantitative estimate of drug-likeness (QED) is 0.381. The average Bonchev–Trinajstić information content (AvgIpc) is 2.58. The van der Waals surface area contributed by atoms with Crippen LogP contribution in [0.4, 0.5) is 0 Å². The summed E-state index contributed by atoms with van der Waals surface area (Å²) in [5.74, 6) is 0.621. The van der Waals surface area contributed by atoms with Crippen LogP contribution in [0.5, 0.6) is 5.75 Å². The standard InChI is InChI=1S/C18H18O5/c1-20-8-9-21-10-11-22-13-6-7-14-15-4-2-3-5-17(15)23-18(19)16(14)12-13/h2-7,12H,8-11H2,1H3. The highest BCUT2D eigenvalue weighted by Gasteiger charge is 2.08. The zero-order valence-electron chi connectivity index (χ0n) is 12.9. The van der Waals surface area contributed by atoms with Crippen LogP contribution in [0.1, 0.15) is 0 Å². The molecule has 0 bridgehead atoms. The van der Waals surface area contributed by atoms with Crippen LogP contribution in [0.2, 0.25) is 0 Å². The highest BCUT2D eigenvalue weighted by atomic mass is 16.5. The van der Waals surface area contributed by atoms with Gasteiger partial charge in [0.05, 0.1) is 25.2 Å². The lowest BCUT2D eigenvalue weighted by Gasteiger charge is -2.08. The van der Waals surface area contributed by atoms with Crippen molar-refractivity contribution in [3.8, 4) is 5.75 Å². The van der Waals surface area contributed by atoms with Gasteiger partial charge in [-0.25, -0.2) is 4.79 Å². The Hall–Kier alpha value is -2.37. The summed E-state index contributed by atoms with van der Waals surface area (Å²) in [4.78, 5) is 12.1. The Balaban J connectivity index is 1.78. The Morgan fingerprint density at radius 1 is 0.913 bits per heavy atom. The molecule has 3 aromatic rings. The van der Waals surface area contributed by atoms with Crippen LogP contribution in [0.25, 0.3) is 21.7 Å². The zero-order chi connectivity index (χ0) is 16.1. The predicted octanol–water partition coefficient (Wildman–Crippen LogP) is 2.99. The number of fused-ring (bicyclic) bond motifs is 3.